The van der Waals surface area contributed by atoms with Gasteiger partial charge in [0.15, 0.2) is 5.60 Å². The average molecular weight is 596 g/mol. The first-order chi connectivity index (χ1) is 20.0. The summed E-state index contributed by atoms with van der Waals surface area (Å²) >= 11 is 0. The molecule has 42 heavy (non-hydrogen) atoms. The second kappa shape index (κ2) is 10.6. The van der Waals surface area contributed by atoms with Crippen LogP contribution in [0.5, 0.6) is 0 Å². The van der Waals surface area contributed by atoms with E-state index in [2.05, 4.69) is 10.6 Å². The van der Waals surface area contributed by atoms with Gasteiger partial charge in [-0.25, -0.2) is 8.42 Å². The number of nitrogens with one attached hydrogen (secondary N) is 2. The summed E-state index contributed by atoms with van der Waals surface area (Å²) in [6, 6.07) is 12.3. The van der Waals surface area contributed by atoms with Crippen molar-refractivity contribution in [3.8, 4) is 11.1 Å². The molecule has 3 N–H and O–H groups in total. The topological polar surface area (TPSA) is 133 Å². The van der Waals surface area contributed by atoms with E-state index in [1.807, 2.05) is 24.3 Å². The molecule has 9 nitrogen and oxygen atoms in total. The number of amides is 3. The highest BCUT2D eigenvalue weighted by Gasteiger charge is 2.56. The second-order valence-corrected chi connectivity index (χ2v) is 13.9. The molecule has 2 aromatic rings. The molecular weight excluding hydrogens is 561 g/mol. The fourth-order valence-corrected chi connectivity index (χ4v) is 7.81. The molecule has 5 atom stereocenters. The number of carbonyl (C=O) groups excluding carboxylic acids is 3. The number of sulfone groups is 1. The molecule has 1 saturated carbocycles. The number of halogens is 1. The van der Waals surface area contributed by atoms with E-state index in [9.17, 15) is 32.3 Å². The molecule has 2 saturated heterocycles. The van der Waals surface area contributed by atoms with Crippen LogP contribution in [0.3, 0.4) is 0 Å². The number of likely N-dealkylation sites (tertiary alicyclic amines) is 1. The number of aliphatic hydroxyl groups is 1. The van der Waals surface area contributed by atoms with Crippen molar-refractivity contribution in [3.63, 3.8) is 0 Å². The largest absolute Gasteiger partial charge is 0.372 e. The van der Waals surface area contributed by atoms with Gasteiger partial charge in [-0.1, -0.05) is 55.0 Å². The van der Waals surface area contributed by atoms with Crippen molar-refractivity contribution in [2.24, 2.45) is 17.8 Å². The average Bonchev–Trinajstić information content (AvgIpc) is 3.72. The lowest BCUT2D eigenvalue weighted by molar-refractivity contribution is -0.152. The van der Waals surface area contributed by atoms with Crippen molar-refractivity contribution >= 4 is 27.6 Å². The van der Waals surface area contributed by atoms with Gasteiger partial charge in [0.25, 0.3) is 5.91 Å². The van der Waals surface area contributed by atoms with Gasteiger partial charge in [-0.2, -0.15) is 4.39 Å². The SMILES string of the molecule is CS(=O)(=O)/C(F)=C\[C@H](C[C@H]1CCNC1=O)NC(=O)[C@H]1[C@@H]2CCC[C@@H]2CN1C(=O)C1(O)c2ccccc2-c2ccccc21. The molecular formula is C31H34FN3O6S. The molecule has 6 rings (SSSR count). The summed E-state index contributed by atoms with van der Waals surface area (Å²) in [4.78, 5) is 42.2. The summed E-state index contributed by atoms with van der Waals surface area (Å²) in [5.41, 5.74) is 0.418. The van der Waals surface area contributed by atoms with E-state index in [0.29, 0.717) is 30.5 Å². The molecule has 0 spiro atoms. The molecule has 11 heteroatoms. The first-order valence-electron chi connectivity index (χ1n) is 14.4. The predicted octanol–water partition coefficient (Wildman–Crippen LogP) is 2.40. The molecule has 0 radical (unpaired) electrons. The smallest absolute Gasteiger partial charge is 0.264 e. The minimum Gasteiger partial charge on any atom is -0.372 e. The molecule has 0 aromatic heterocycles. The number of fused-ring (bicyclic) bond motifs is 4. The number of rotatable bonds is 7. The number of nitrogens with zero attached hydrogens (tertiary/aromatic N) is 1. The van der Waals surface area contributed by atoms with Gasteiger partial charge in [-0.15, -0.1) is 0 Å². The Bertz CT molecular complexity index is 1540. The summed E-state index contributed by atoms with van der Waals surface area (Å²) in [7, 11) is -4.17. The minimum absolute atomic E-state index is 0.0139. The Morgan fingerprint density at radius 1 is 1.12 bits per heavy atom. The van der Waals surface area contributed by atoms with Crippen molar-refractivity contribution in [3.05, 3.63) is 70.9 Å². The summed E-state index contributed by atoms with van der Waals surface area (Å²) < 4.78 is 38.4. The van der Waals surface area contributed by atoms with Crippen molar-refractivity contribution in [1.29, 1.82) is 0 Å². The standard InChI is InChI=1S/C31H34FN3O6S/c1-42(40,41)26(32)16-20(15-18-13-14-33-28(18)36)34-29(37)27-21-10-6-7-19(21)17-35(27)30(38)31(39)24-11-4-2-8-22(24)23-9-3-5-12-25(23)31/h2-5,8-9,11-12,16,18-21,27,39H,6-7,10,13-15,17H2,1H3,(H,33,36)(H,34,37)/b26-16-/t18-,19-,20+,21-,27-/m1/s1. The van der Waals surface area contributed by atoms with Crippen LogP contribution in [-0.4, -0.2) is 67.6 Å². The summed E-state index contributed by atoms with van der Waals surface area (Å²) in [5.74, 6) is -2.02. The van der Waals surface area contributed by atoms with Crippen LogP contribution >= 0.6 is 0 Å². The van der Waals surface area contributed by atoms with Gasteiger partial charge in [-0.3, -0.25) is 14.4 Å². The van der Waals surface area contributed by atoms with E-state index in [1.165, 1.54) is 4.90 Å². The third kappa shape index (κ3) is 4.72. The zero-order valence-electron chi connectivity index (χ0n) is 23.3. The molecule has 222 valence electrons. The number of hydrogen-bond acceptors (Lipinski definition) is 6. The molecule has 4 aliphatic rings. The molecule has 2 aliphatic heterocycles. The van der Waals surface area contributed by atoms with E-state index in [-0.39, 0.29) is 30.7 Å². The highest BCUT2D eigenvalue weighted by Crippen LogP contribution is 2.50. The van der Waals surface area contributed by atoms with E-state index in [1.54, 1.807) is 24.3 Å². The predicted molar refractivity (Wildman–Crippen MR) is 153 cm³/mol. The molecule has 2 aliphatic carbocycles. The molecule has 0 unspecified atom stereocenters. The highest BCUT2D eigenvalue weighted by atomic mass is 32.2. The van der Waals surface area contributed by atoms with E-state index < -0.39 is 50.4 Å². The van der Waals surface area contributed by atoms with Crippen LogP contribution < -0.4 is 10.6 Å². The van der Waals surface area contributed by atoms with Gasteiger partial charge in [-0.05, 0) is 54.7 Å². The molecule has 3 fully saturated rings. The first kappa shape index (κ1) is 28.5. The van der Waals surface area contributed by atoms with Crippen molar-refractivity contribution in [1.82, 2.24) is 15.5 Å². The van der Waals surface area contributed by atoms with Crippen LogP contribution in [0.25, 0.3) is 11.1 Å². The second-order valence-electron chi connectivity index (χ2n) is 11.9. The number of carbonyl (C=O) groups is 3. The monoisotopic (exact) mass is 595 g/mol. The Morgan fingerprint density at radius 3 is 2.36 bits per heavy atom. The van der Waals surface area contributed by atoms with Crippen LogP contribution in [-0.2, 0) is 29.8 Å². The van der Waals surface area contributed by atoms with Crippen LogP contribution in [0.4, 0.5) is 4.39 Å². The Morgan fingerprint density at radius 2 is 1.76 bits per heavy atom. The van der Waals surface area contributed by atoms with Gasteiger partial charge in [0.2, 0.25) is 26.8 Å². The van der Waals surface area contributed by atoms with Crippen molar-refractivity contribution in [2.45, 2.75) is 49.8 Å². The lowest BCUT2D eigenvalue weighted by Gasteiger charge is -2.34. The lowest BCUT2D eigenvalue weighted by atomic mass is 9.88. The molecule has 2 heterocycles. The fraction of sp³-hybridized carbons (Fsp3) is 0.452. The zero-order chi connectivity index (χ0) is 29.8. The quantitative estimate of drug-likeness (QED) is 0.451. The maximum atomic E-state index is 14.6. The van der Waals surface area contributed by atoms with Gasteiger partial charge in [0, 0.05) is 36.4 Å². The summed E-state index contributed by atoms with van der Waals surface area (Å²) in [5, 5.41) is 16.3. The number of hydrogen-bond donors (Lipinski definition) is 3. The van der Waals surface area contributed by atoms with Gasteiger partial charge in [0.05, 0.1) is 6.04 Å². The van der Waals surface area contributed by atoms with Crippen molar-refractivity contribution < 1.29 is 32.3 Å². The Balaban J connectivity index is 1.34. The van der Waals surface area contributed by atoms with E-state index in [0.717, 1.165) is 36.3 Å². The van der Waals surface area contributed by atoms with E-state index in [4.69, 9.17) is 0 Å². The Labute approximate surface area is 244 Å². The normalized spacial score (nSPS) is 26.8. The van der Waals surface area contributed by atoms with Crippen molar-refractivity contribution in [2.75, 3.05) is 19.3 Å². The Hall–Kier alpha value is -3.57. The molecule has 3 amide bonds. The third-order valence-corrected chi connectivity index (χ3v) is 10.2. The van der Waals surface area contributed by atoms with Gasteiger partial charge < -0.3 is 20.6 Å². The lowest BCUT2D eigenvalue weighted by Crippen LogP contribution is -2.55. The first-order valence-corrected chi connectivity index (χ1v) is 16.3. The molecule has 2 aromatic carbocycles. The van der Waals surface area contributed by atoms with Crippen LogP contribution in [0.15, 0.2) is 59.8 Å². The number of benzene rings is 2. The summed E-state index contributed by atoms with van der Waals surface area (Å²) in [6.07, 6.45) is 4.50. The van der Waals surface area contributed by atoms with Gasteiger partial charge >= 0.3 is 0 Å². The van der Waals surface area contributed by atoms with Crippen LogP contribution in [0, 0.1) is 17.8 Å². The van der Waals surface area contributed by atoms with Crippen LogP contribution in [0.2, 0.25) is 0 Å². The summed E-state index contributed by atoms with van der Waals surface area (Å²) in [6.45, 7) is 0.732. The maximum absolute atomic E-state index is 14.6. The van der Waals surface area contributed by atoms with Gasteiger partial charge in [0.1, 0.15) is 6.04 Å². The van der Waals surface area contributed by atoms with E-state index >= 15 is 0 Å². The zero-order valence-corrected chi connectivity index (χ0v) is 24.1. The molecule has 0 bridgehead atoms. The highest BCUT2D eigenvalue weighted by molar-refractivity contribution is 7.94. The Kier molecular flexibility index (Phi) is 7.21. The maximum Gasteiger partial charge on any atom is 0.264 e. The third-order valence-electron chi connectivity index (χ3n) is 9.37. The minimum atomic E-state index is -4.17. The fourth-order valence-electron chi connectivity index (χ4n) is 7.40. The van der Waals surface area contributed by atoms with Crippen LogP contribution in [0.1, 0.15) is 43.2 Å².